The van der Waals surface area contributed by atoms with Crippen LogP contribution >= 0.6 is 0 Å². The van der Waals surface area contributed by atoms with Gasteiger partial charge in [-0.3, -0.25) is 9.36 Å². The summed E-state index contributed by atoms with van der Waals surface area (Å²) in [5.41, 5.74) is 2.44. The van der Waals surface area contributed by atoms with E-state index in [1.54, 1.807) is 12.1 Å². The molecule has 174 valence electrons. The number of rotatable bonds is 2. The standard InChI is InChI=1S/C23H18F3N5O3/c1-29-18-5-6-30(22(33)34)12-17(18)16-3-2-15(9-19(16)29)31-7-4-13(8-20(31)32)21-27-10-14(11-28-21)23(24,25)26/h2-4,7-11H,5-6,12H2,1H3,(H,33,34). The third-order valence-corrected chi connectivity index (χ3v) is 6.09. The topological polar surface area (TPSA) is 93.3 Å². The summed E-state index contributed by atoms with van der Waals surface area (Å²) in [5.74, 6) is 0.0193. The Morgan fingerprint density at radius 2 is 1.85 bits per heavy atom. The number of hydrogen-bond donors (Lipinski definition) is 1. The lowest BCUT2D eigenvalue weighted by atomic mass is 10.0. The van der Waals surface area contributed by atoms with Crippen LogP contribution in [0, 0.1) is 0 Å². The van der Waals surface area contributed by atoms with Crippen molar-refractivity contribution in [3.8, 4) is 17.1 Å². The first-order valence-corrected chi connectivity index (χ1v) is 10.3. The lowest BCUT2D eigenvalue weighted by Gasteiger charge is -2.25. The van der Waals surface area contributed by atoms with Gasteiger partial charge in [-0.1, -0.05) is 6.07 Å². The molecule has 3 aromatic heterocycles. The Kier molecular flexibility index (Phi) is 4.92. The highest BCUT2D eigenvalue weighted by atomic mass is 19.4. The van der Waals surface area contributed by atoms with Crippen molar-refractivity contribution in [1.29, 1.82) is 0 Å². The summed E-state index contributed by atoms with van der Waals surface area (Å²) in [5, 5.41) is 10.3. The van der Waals surface area contributed by atoms with Crippen LogP contribution in [0.3, 0.4) is 0 Å². The molecule has 4 heterocycles. The van der Waals surface area contributed by atoms with Gasteiger partial charge in [0.25, 0.3) is 5.56 Å². The van der Waals surface area contributed by atoms with Crippen molar-refractivity contribution in [2.75, 3.05) is 6.54 Å². The molecule has 0 fully saturated rings. The number of pyridine rings is 1. The number of carbonyl (C=O) groups is 1. The monoisotopic (exact) mass is 469 g/mol. The van der Waals surface area contributed by atoms with E-state index >= 15 is 0 Å². The molecular weight excluding hydrogens is 451 g/mol. The van der Waals surface area contributed by atoms with E-state index in [1.807, 2.05) is 23.7 Å². The SMILES string of the molecule is Cn1c2c(c3ccc(-n4ccc(-c5ncc(C(F)(F)F)cn5)cc4=O)cc31)CN(C(=O)O)CC2. The molecule has 5 rings (SSSR count). The smallest absolute Gasteiger partial charge is 0.419 e. The van der Waals surface area contributed by atoms with Crippen molar-refractivity contribution < 1.29 is 23.1 Å². The predicted molar refractivity (Wildman–Crippen MR) is 117 cm³/mol. The maximum Gasteiger partial charge on any atom is 0.419 e. The second-order valence-electron chi connectivity index (χ2n) is 8.06. The Morgan fingerprint density at radius 1 is 1.12 bits per heavy atom. The fourth-order valence-corrected chi connectivity index (χ4v) is 4.33. The minimum atomic E-state index is -4.54. The number of nitrogens with zero attached hydrogens (tertiary/aromatic N) is 5. The summed E-state index contributed by atoms with van der Waals surface area (Å²) >= 11 is 0. The molecule has 11 heteroatoms. The van der Waals surface area contributed by atoms with Gasteiger partial charge in [-0.15, -0.1) is 0 Å². The van der Waals surface area contributed by atoms with Crippen molar-refractivity contribution in [2.24, 2.45) is 7.05 Å². The van der Waals surface area contributed by atoms with E-state index in [0.717, 1.165) is 22.2 Å². The van der Waals surface area contributed by atoms with Crippen LogP contribution in [0.4, 0.5) is 18.0 Å². The molecule has 1 N–H and O–H groups in total. The van der Waals surface area contributed by atoms with E-state index in [0.29, 0.717) is 43.2 Å². The molecule has 1 aromatic carbocycles. The normalized spacial score (nSPS) is 13.8. The van der Waals surface area contributed by atoms with Crippen LogP contribution in [0.25, 0.3) is 28.0 Å². The maximum absolute atomic E-state index is 12.8. The molecule has 8 nitrogen and oxygen atoms in total. The predicted octanol–water partition coefficient (Wildman–Crippen LogP) is 3.84. The zero-order valence-corrected chi connectivity index (χ0v) is 17.9. The molecule has 1 aliphatic heterocycles. The van der Waals surface area contributed by atoms with Gasteiger partial charge in [0.15, 0.2) is 5.82 Å². The van der Waals surface area contributed by atoms with Gasteiger partial charge in [0.2, 0.25) is 0 Å². The average Bonchev–Trinajstić information content (AvgIpc) is 3.09. The van der Waals surface area contributed by atoms with Crippen molar-refractivity contribution in [3.63, 3.8) is 0 Å². The van der Waals surface area contributed by atoms with Crippen LogP contribution in [0.15, 0.2) is 53.7 Å². The number of fused-ring (bicyclic) bond motifs is 3. The number of hydrogen-bond acceptors (Lipinski definition) is 4. The fourth-order valence-electron chi connectivity index (χ4n) is 4.33. The molecule has 0 unspecified atom stereocenters. The van der Waals surface area contributed by atoms with Crippen molar-refractivity contribution in [3.05, 3.63) is 76.1 Å². The van der Waals surface area contributed by atoms with Gasteiger partial charge in [0, 0.05) is 66.9 Å². The first-order valence-electron chi connectivity index (χ1n) is 10.3. The fraction of sp³-hybridized carbons (Fsp3) is 0.217. The summed E-state index contributed by atoms with van der Waals surface area (Å²) in [7, 11) is 1.91. The molecule has 0 saturated heterocycles. The summed E-state index contributed by atoms with van der Waals surface area (Å²) in [6.45, 7) is 0.732. The molecule has 0 spiro atoms. The Balaban J connectivity index is 1.50. The van der Waals surface area contributed by atoms with Gasteiger partial charge in [-0.2, -0.15) is 13.2 Å². The quantitative estimate of drug-likeness (QED) is 0.482. The average molecular weight is 469 g/mol. The van der Waals surface area contributed by atoms with Crippen molar-refractivity contribution in [1.82, 2.24) is 24.0 Å². The first kappa shape index (κ1) is 21.7. The van der Waals surface area contributed by atoms with E-state index in [4.69, 9.17) is 0 Å². The van der Waals surface area contributed by atoms with Gasteiger partial charge < -0.3 is 14.6 Å². The number of halogens is 3. The summed E-state index contributed by atoms with van der Waals surface area (Å²) in [6.07, 6.45) is -2.00. The molecule has 0 bridgehead atoms. The van der Waals surface area contributed by atoms with Crippen LogP contribution in [-0.4, -0.2) is 41.7 Å². The minimum Gasteiger partial charge on any atom is -0.465 e. The van der Waals surface area contributed by atoms with Crippen molar-refractivity contribution in [2.45, 2.75) is 19.1 Å². The third-order valence-electron chi connectivity index (χ3n) is 6.09. The highest BCUT2D eigenvalue weighted by Gasteiger charge is 2.31. The molecule has 1 amide bonds. The van der Waals surface area contributed by atoms with Gasteiger partial charge in [0.1, 0.15) is 0 Å². The summed E-state index contributed by atoms with van der Waals surface area (Å²) in [4.78, 5) is 33.1. The molecule has 1 aliphatic rings. The highest BCUT2D eigenvalue weighted by molar-refractivity contribution is 5.88. The Morgan fingerprint density at radius 3 is 2.50 bits per heavy atom. The molecule has 0 radical (unpaired) electrons. The Bertz CT molecular complexity index is 1490. The van der Waals surface area contributed by atoms with Crippen LogP contribution < -0.4 is 5.56 Å². The Labute approximate surface area is 190 Å². The molecule has 0 aliphatic carbocycles. The molecule has 4 aromatic rings. The van der Waals surface area contributed by atoms with E-state index in [-0.39, 0.29) is 5.82 Å². The number of amides is 1. The van der Waals surface area contributed by atoms with Crippen LogP contribution in [0.5, 0.6) is 0 Å². The third kappa shape index (κ3) is 3.58. The van der Waals surface area contributed by atoms with E-state index < -0.39 is 23.4 Å². The number of alkyl halides is 3. The van der Waals surface area contributed by atoms with Gasteiger partial charge >= 0.3 is 12.3 Å². The molecule has 0 saturated carbocycles. The summed E-state index contributed by atoms with van der Waals surface area (Å²) < 4.78 is 41.6. The maximum atomic E-state index is 12.8. The number of benzene rings is 1. The van der Waals surface area contributed by atoms with Gasteiger partial charge in [0.05, 0.1) is 23.3 Å². The summed E-state index contributed by atoms with van der Waals surface area (Å²) in [6, 6.07) is 8.34. The van der Waals surface area contributed by atoms with Gasteiger partial charge in [-0.05, 0) is 18.2 Å². The highest BCUT2D eigenvalue weighted by Crippen LogP contribution is 2.32. The van der Waals surface area contributed by atoms with E-state index in [2.05, 4.69) is 9.97 Å². The van der Waals surface area contributed by atoms with E-state index in [1.165, 1.54) is 21.7 Å². The zero-order chi connectivity index (χ0) is 24.2. The van der Waals surface area contributed by atoms with Crippen LogP contribution in [0.2, 0.25) is 0 Å². The first-order chi connectivity index (χ1) is 16.1. The number of aromatic nitrogens is 4. The molecule has 0 atom stereocenters. The second-order valence-corrected chi connectivity index (χ2v) is 8.06. The zero-order valence-electron chi connectivity index (χ0n) is 17.9. The molecular formula is C23H18F3N5O3. The lowest BCUT2D eigenvalue weighted by molar-refractivity contribution is -0.138. The van der Waals surface area contributed by atoms with E-state index in [9.17, 15) is 27.9 Å². The molecule has 34 heavy (non-hydrogen) atoms. The minimum absolute atomic E-state index is 0.0193. The number of aryl methyl sites for hydroxylation is 1. The largest absolute Gasteiger partial charge is 0.465 e. The Hall–Kier alpha value is -4.15. The number of carboxylic acid groups (broad SMARTS) is 1. The lowest BCUT2D eigenvalue weighted by Crippen LogP contribution is -2.34. The van der Waals surface area contributed by atoms with Crippen LogP contribution in [-0.2, 0) is 26.2 Å². The second kappa shape index (κ2) is 7.72. The van der Waals surface area contributed by atoms with Crippen LogP contribution in [0.1, 0.15) is 16.8 Å². The van der Waals surface area contributed by atoms with Gasteiger partial charge in [-0.25, -0.2) is 14.8 Å². The van der Waals surface area contributed by atoms with Crippen molar-refractivity contribution >= 4 is 17.0 Å².